The summed E-state index contributed by atoms with van der Waals surface area (Å²) in [5.41, 5.74) is 1.19. The van der Waals surface area contributed by atoms with Gasteiger partial charge in [0.2, 0.25) is 0 Å². The third kappa shape index (κ3) is 5.46. The highest BCUT2D eigenvalue weighted by molar-refractivity contribution is 8.01. The van der Waals surface area contributed by atoms with E-state index in [0.29, 0.717) is 6.61 Å². The summed E-state index contributed by atoms with van der Waals surface area (Å²) >= 11 is 7.34. The van der Waals surface area contributed by atoms with Crippen LogP contribution in [0.3, 0.4) is 0 Å². The first kappa shape index (κ1) is 18.7. The summed E-state index contributed by atoms with van der Waals surface area (Å²) < 4.78 is 9.96. The minimum atomic E-state index is -0.619. The van der Waals surface area contributed by atoms with Crippen molar-refractivity contribution in [2.24, 2.45) is 0 Å². The summed E-state index contributed by atoms with van der Waals surface area (Å²) in [6.45, 7) is 4.29. The van der Waals surface area contributed by atoms with Crippen molar-refractivity contribution in [3.63, 3.8) is 0 Å². The largest absolute Gasteiger partial charge is 0.493 e. The molecule has 0 aromatic heterocycles. The number of methoxy groups -OCH3 is 1. The smallest absolute Gasteiger partial charge is 0.321 e. The fourth-order valence-electron chi connectivity index (χ4n) is 2.12. The van der Waals surface area contributed by atoms with Gasteiger partial charge < -0.3 is 9.47 Å². The van der Waals surface area contributed by atoms with Gasteiger partial charge in [-0.25, -0.2) is 0 Å². The molecule has 128 valence electrons. The van der Waals surface area contributed by atoms with Crippen LogP contribution in [-0.2, 0) is 16.0 Å². The molecule has 0 fully saturated rings. The van der Waals surface area contributed by atoms with Crippen LogP contribution in [0.25, 0.3) is 0 Å². The van der Waals surface area contributed by atoms with E-state index < -0.39 is 4.75 Å². The van der Waals surface area contributed by atoms with Gasteiger partial charge in [-0.3, -0.25) is 4.79 Å². The fourth-order valence-corrected chi connectivity index (χ4v) is 3.28. The first-order valence-electron chi connectivity index (χ1n) is 7.65. The molecule has 3 nitrogen and oxygen atoms in total. The summed E-state index contributed by atoms with van der Waals surface area (Å²) in [6, 6.07) is 15.5. The molecule has 0 atom stereocenters. The van der Waals surface area contributed by atoms with Gasteiger partial charge in [-0.2, -0.15) is 0 Å². The van der Waals surface area contributed by atoms with Crippen LogP contribution >= 0.6 is 23.4 Å². The Morgan fingerprint density at radius 3 is 2.29 bits per heavy atom. The summed E-state index contributed by atoms with van der Waals surface area (Å²) in [7, 11) is 1.41. The van der Waals surface area contributed by atoms with Crippen LogP contribution < -0.4 is 4.74 Å². The predicted molar refractivity (Wildman–Crippen MR) is 99.0 cm³/mol. The fraction of sp³-hybridized carbons (Fsp3) is 0.316. The highest BCUT2D eigenvalue weighted by Crippen LogP contribution is 2.34. The van der Waals surface area contributed by atoms with Crippen LogP contribution in [0.5, 0.6) is 5.75 Å². The lowest BCUT2D eigenvalue weighted by molar-refractivity contribution is -0.142. The van der Waals surface area contributed by atoms with E-state index in [1.165, 1.54) is 24.4 Å². The second-order valence-corrected chi connectivity index (χ2v) is 7.93. The maximum atomic E-state index is 11.7. The van der Waals surface area contributed by atoms with Crippen molar-refractivity contribution in [1.29, 1.82) is 0 Å². The van der Waals surface area contributed by atoms with Gasteiger partial charge >= 0.3 is 5.97 Å². The summed E-state index contributed by atoms with van der Waals surface area (Å²) in [5.74, 6) is 0.569. The van der Waals surface area contributed by atoms with E-state index in [9.17, 15) is 4.79 Å². The topological polar surface area (TPSA) is 35.5 Å². The molecule has 2 aromatic carbocycles. The molecule has 5 heteroatoms. The maximum absolute atomic E-state index is 11.7. The van der Waals surface area contributed by atoms with Gasteiger partial charge in [-0.05, 0) is 55.8 Å². The van der Waals surface area contributed by atoms with Gasteiger partial charge in [0.25, 0.3) is 0 Å². The molecule has 0 saturated carbocycles. The highest BCUT2D eigenvalue weighted by Gasteiger charge is 2.29. The lowest BCUT2D eigenvalue weighted by atomic mass is 10.2. The Balaban J connectivity index is 1.85. The monoisotopic (exact) mass is 364 g/mol. The summed E-state index contributed by atoms with van der Waals surface area (Å²) in [4.78, 5) is 12.7. The average molecular weight is 365 g/mol. The number of ether oxygens (including phenoxy) is 2. The van der Waals surface area contributed by atoms with Crippen molar-refractivity contribution in [1.82, 2.24) is 0 Å². The van der Waals surface area contributed by atoms with E-state index in [2.05, 4.69) is 0 Å². The van der Waals surface area contributed by atoms with E-state index >= 15 is 0 Å². The van der Waals surface area contributed by atoms with Gasteiger partial charge in [0.15, 0.2) is 0 Å². The van der Waals surface area contributed by atoms with Crippen LogP contribution in [0.1, 0.15) is 19.4 Å². The number of hydrogen-bond acceptors (Lipinski definition) is 4. The Bertz CT molecular complexity index is 666. The molecule has 0 aliphatic carbocycles. The number of thioether (sulfide) groups is 1. The Kier molecular flexibility index (Phi) is 6.58. The number of carbonyl (C=O) groups excluding carboxylic acids is 1. The average Bonchev–Trinajstić information content (AvgIpc) is 2.57. The number of hydrogen-bond donors (Lipinski definition) is 0. The second kappa shape index (κ2) is 8.45. The van der Waals surface area contributed by atoms with Gasteiger partial charge in [0.1, 0.15) is 10.5 Å². The molecule has 0 saturated heterocycles. The molecule has 2 aromatic rings. The quantitative estimate of drug-likeness (QED) is 0.511. The van der Waals surface area contributed by atoms with Crippen LogP contribution in [0.15, 0.2) is 53.4 Å². The number of carbonyl (C=O) groups is 1. The van der Waals surface area contributed by atoms with Crippen molar-refractivity contribution in [2.45, 2.75) is 29.9 Å². The molecule has 0 aliphatic rings. The Labute approximate surface area is 152 Å². The third-order valence-electron chi connectivity index (χ3n) is 3.45. The highest BCUT2D eigenvalue weighted by atomic mass is 35.5. The molecule has 0 heterocycles. The molecule has 0 amide bonds. The lowest BCUT2D eigenvalue weighted by Gasteiger charge is -2.20. The molecular formula is C19H21ClO3S. The van der Waals surface area contributed by atoms with E-state index in [0.717, 1.165) is 22.1 Å². The number of benzene rings is 2. The Morgan fingerprint density at radius 1 is 1.08 bits per heavy atom. The van der Waals surface area contributed by atoms with Gasteiger partial charge in [-0.15, -0.1) is 11.8 Å². The zero-order valence-electron chi connectivity index (χ0n) is 14.0. The van der Waals surface area contributed by atoms with Crippen molar-refractivity contribution in [3.05, 3.63) is 59.1 Å². The van der Waals surface area contributed by atoms with Crippen molar-refractivity contribution in [3.8, 4) is 5.75 Å². The van der Waals surface area contributed by atoms with Crippen molar-refractivity contribution >= 4 is 29.3 Å². The molecular weight excluding hydrogens is 344 g/mol. The van der Waals surface area contributed by atoms with Crippen LogP contribution in [-0.4, -0.2) is 24.4 Å². The molecule has 0 unspecified atom stereocenters. The lowest BCUT2D eigenvalue weighted by Crippen LogP contribution is -2.28. The minimum absolute atomic E-state index is 0.240. The standard InChI is InChI=1S/C19H21ClO3S/c1-19(2,18(21)22-3)24-17-10-8-16(9-11-17)23-13-12-14-4-6-15(20)7-5-14/h4-11H,12-13H2,1-3H3. The zero-order valence-corrected chi connectivity index (χ0v) is 15.6. The number of esters is 1. The molecule has 0 aliphatic heterocycles. The molecule has 0 spiro atoms. The molecule has 24 heavy (non-hydrogen) atoms. The van der Waals surface area contributed by atoms with E-state index in [4.69, 9.17) is 21.1 Å². The number of rotatable bonds is 7. The van der Waals surface area contributed by atoms with Crippen LogP contribution in [0.4, 0.5) is 0 Å². The molecule has 0 radical (unpaired) electrons. The van der Waals surface area contributed by atoms with E-state index in [1.54, 1.807) is 0 Å². The van der Waals surface area contributed by atoms with Crippen molar-refractivity contribution < 1.29 is 14.3 Å². The zero-order chi connectivity index (χ0) is 17.6. The maximum Gasteiger partial charge on any atom is 0.321 e. The summed E-state index contributed by atoms with van der Waals surface area (Å²) in [6.07, 6.45) is 0.822. The Morgan fingerprint density at radius 2 is 1.71 bits per heavy atom. The van der Waals surface area contributed by atoms with Gasteiger partial charge in [-0.1, -0.05) is 23.7 Å². The van der Waals surface area contributed by atoms with Crippen LogP contribution in [0, 0.1) is 0 Å². The third-order valence-corrected chi connectivity index (χ3v) is 4.88. The van der Waals surface area contributed by atoms with Crippen molar-refractivity contribution in [2.75, 3.05) is 13.7 Å². The number of halogens is 1. The van der Waals surface area contributed by atoms with Gasteiger partial charge in [0.05, 0.1) is 13.7 Å². The summed E-state index contributed by atoms with van der Waals surface area (Å²) in [5, 5.41) is 0.739. The molecule has 0 bridgehead atoms. The van der Waals surface area contributed by atoms with E-state index in [1.807, 2.05) is 62.4 Å². The van der Waals surface area contributed by atoms with Gasteiger partial charge in [0, 0.05) is 16.3 Å². The SMILES string of the molecule is COC(=O)C(C)(C)Sc1ccc(OCCc2ccc(Cl)cc2)cc1. The van der Waals surface area contributed by atoms with Crippen LogP contribution in [0.2, 0.25) is 5.02 Å². The Hall–Kier alpha value is -1.65. The molecule has 2 rings (SSSR count). The normalized spacial score (nSPS) is 11.2. The van der Waals surface area contributed by atoms with E-state index in [-0.39, 0.29) is 5.97 Å². The predicted octanol–water partition coefficient (Wildman–Crippen LogP) is 5.01. The first-order chi connectivity index (χ1) is 11.4. The minimum Gasteiger partial charge on any atom is -0.493 e. The second-order valence-electron chi connectivity index (χ2n) is 5.80. The molecule has 0 N–H and O–H groups in total. The first-order valence-corrected chi connectivity index (χ1v) is 8.85.